The lowest BCUT2D eigenvalue weighted by Crippen LogP contribution is -2.18. The van der Waals surface area contributed by atoms with E-state index in [1.807, 2.05) is 0 Å². The molecule has 2 N–H and O–H groups in total. The number of hydrogen-bond acceptors (Lipinski definition) is 4. The monoisotopic (exact) mass is 234 g/mol. The maximum Gasteiger partial charge on any atom is 0.269 e. The summed E-state index contributed by atoms with van der Waals surface area (Å²) in [6.07, 6.45) is 1.30. The average molecular weight is 234 g/mol. The molecule has 0 saturated heterocycles. The van der Waals surface area contributed by atoms with Gasteiger partial charge >= 0.3 is 0 Å². The van der Waals surface area contributed by atoms with Crippen molar-refractivity contribution in [3.05, 3.63) is 45.5 Å². The van der Waals surface area contributed by atoms with Gasteiger partial charge in [0.05, 0.1) is 10.5 Å². The van der Waals surface area contributed by atoms with E-state index < -0.39 is 16.6 Å². The van der Waals surface area contributed by atoms with Crippen LogP contribution in [0.15, 0.2) is 29.8 Å². The van der Waals surface area contributed by atoms with E-state index >= 15 is 0 Å². The number of benzene rings is 1. The molecule has 0 aliphatic carbocycles. The molecule has 0 unspecified atom stereocenters. The van der Waals surface area contributed by atoms with Gasteiger partial charge in [0, 0.05) is 12.1 Å². The maximum atomic E-state index is 11.1. The second-order valence-corrected chi connectivity index (χ2v) is 3.33. The molecule has 6 heteroatoms. The third kappa shape index (κ3) is 3.23. The molecule has 1 aromatic rings. The molecule has 0 aromatic heterocycles. The van der Waals surface area contributed by atoms with Gasteiger partial charge in [-0.2, -0.15) is 0 Å². The zero-order valence-corrected chi connectivity index (χ0v) is 9.04. The number of ketones is 1. The van der Waals surface area contributed by atoms with E-state index in [0.717, 1.165) is 0 Å². The first kappa shape index (κ1) is 12.6. The lowest BCUT2D eigenvalue weighted by molar-refractivity contribution is -0.384. The van der Waals surface area contributed by atoms with Gasteiger partial charge in [-0.25, -0.2) is 0 Å². The minimum absolute atomic E-state index is 0.0643. The smallest absolute Gasteiger partial charge is 0.269 e. The molecule has 1 amide bonds. The molecule has 0 spiro atoms. The summed E-state index contributed by atoms with van der Waals surface area (Å²) in [6, 6.07) is 5.43. The highest BCUT2D eigenvalue weighted by Crippen LogP contribution is 2.14. The highest BCUT2D eigenvalue weighted by atomic mass is 16.6. The van der Waals surface area contributed by atoms with E-state index in [4.69, 9.17) is 5.73 Å². The van der Waals surface area contributed by atoms with Crippen molar-refractivity contribution in [2.24, 2.45) is 5.73 Å². The molecular formula is C11H10N2O4. The van der Waals surface area contributed by atoms with Gasteiger partial charge in [0.25, 0.3) is 11.6 Å². The summed E-state index contributed by atoms with van der Waals surface area (Å²) in [5.41, 5.74) is 5.32. The number of primary amides is 1. The van der Waals surface area contributed by atoms with Gasteiger partial charge in [-0.3, -0.25) is 19.7 Å². The summed E-state index contributed by atoms with van der Waals surface area (Å²) in [4.78, 5) is 31.9. The van der Waals surface area contributed by atoms with Crippen LogP contribution in [-0.4, -0.2) is 16.6 Å². The van der Waals surface area contributed by atoms with E-state index in [0.29, 0.717) is 5.56 Å². The maximum absolute atomic E-state index is 11.1. The predicted molar refractivity (Wildman–Crippen MR) is 60.9 cm³/mol. The summed E-state index contributed by atoms with van der Waals surface area (Å²) in [7, 11) is 0. The van der Waals surface area contributed by atoms with Crippen LogP contribution in [0.3, 0.4) is 0 Å². The van der Waals surface area contributed by atoms with Crippen molar-refractivity contribution in [2.75, 3.05) is 0 Å². The van der Waals surface area contributed by atoms with Gasteiger partial charge in [0.2, 0.25) is 0 Å². The zero-order valence-electron chi connectivity index (χ0n) is 9.04. The second kappa shape index (κ2) is 5.02. The van der Waals surface area contributed by atoms with Crippen molar-refractivity contribution in [3.63, 3.8) is 0 Å². The number of Topliss-reactive ketones (excluding diaryl/α,β-unsaturated/α-hetero) is 1. The number of carbonyl (C=O) groups is 2. The molecule has 6 nitrogen and oxygen atoms in total. The van der Waals surface area contributed by atoms with Crippen LogP contribution in [0.5, 0.6) is 0 Å². The Bertz CT molecular complexity index is 487. The van der Waals surface area contributed by atoms with Gasteiger partial charge in [-0.05, 0) is 30.7 Å². The summed E-state index contributed by atoms with van der Waals surface area (Å²) in [6.45, 7) is 1.22. The number of nitro groups is 1. The summed E-state index contributed by atoms with van der Waals surface area (Å²) < 4.78 is 0. The molecule has 1 aromatic carbocycles. The second-order valence-electron chi connectivity index (χ2n) is 3.33. The molecule has 0 heterocycles. The number of nitrogens with zero attached hydrogens (tertiary/aromatic N) is 1. The highest BCUT2D eigenvalue weighted by molar-refractivity contribution is 6.21. The molecule has 0 bridgehead atoms. The Labute approximate surface area is 96.9 Å². The lowest BCUT2D eigenvalue weighted by atomic mass is 10.1. The largest absolute Gasteiger partial charge is 0.365 e. The van der Waals surface area contributed by atoms with Crippen molar-refractivity contribution < 1.29 is 14.5 Å². The molecule has 1 rings (SSSR count). The Kier molecular flexibility index (Phi) is 3.71. The van der Waals surface area contributed by atoms with Crippen molar-refractivity contribution in [3.8, 4) is 0 Å². The molecule has 0 aliphatic rings. The van der Waals surface area contributed by atoms with E-state index in [-0.39, 0.29) is 11.3 Å². The number of nitrogens with two attached hydrogens (primary N) is 1. The van der Waals surface area contributed by atoms with Crippen LogP contribution in [0.2, 0.25) is 0 Å². The molecule has 88 valence electrons. The van der Waals surface area contributed by atoms with Crippen LogP contribution < -0.4 is 5.73 Å². The molecule has 0 saturated carbocycles. The Hall–Kier alpha value is -2.50. The summed E-state index contributed by atoms with van der Waals surface area (Å²) >= 11 is 0. The number of hydrogen-bond donors (Lipinski definition) is 1. The van der Waals surface area contributed by atoms with Crippen LogP contribution in [-0.2, 0) is 9.59 Å². The first-order valence-electron chi connectivity index (χ1n) is 4.68. The topological polar surface area (TPSA) is 103 Å². The van der Waals surface area contributed by atoms with E-state index in [2.05, 4.69) is 0 Å². The average Bonchev–Trinajstić information content (AvgIpc) is 2.25. The molecular weight excluding hydrogens is 224 g/mol. The number of rotatable bonds is 4. The fourth-order valence-corrected chi connectivity index (χ4v) is 1.21. The number of non-ortho nitro benzene ring substituents is 1. The van der Waals surface area contributed by atoms with Crippen molar-refractivity contribution in [2.45, 2.75) is 6.92 Å². The molecule has 17 heavy (non-hydrogen) atoms. The Morgan fingerprint density at radius 3 is 2.18 bits per heavy atom. The first-order valence-corrected chi connectivity index (χ1v) is 4.68. The molecule has 0 fully saturated rings. The summed E-state index contributed by atoms with van der Waals surface area (Å²) in [5.74, 6) is -1.27. The van der Waals surface area contributed by atoms with Crippen LogP contribution >= 0.6 is 0 Å². The standard InChI is InChI=1S/C11H10N2O4/c1-7(14)10(11(12)15)6-8-2-4-9(5-3-8)13(16)17/h2-6H,1H3,(H2,12,15)/b10-6+. The van der Waals surface area contributed by atoms with Gasteiger partial charge in [-0.1, -0.05) is 0 Å². The van der Waals surface area contributed by atoms with Crippen LogP contribution in [0.25, 0.3) is 6.08 Å². The van der Waals surface area contributed by atoms with Crippen LogP contribution in [0.4, 0.5) is 5.69 Å². The van der Waals surface area contributed by atoms with Gasteiger partial charge in [0.1, 0.15) is 0 Å². The third-order valence-corrected chi connectivity index (χ3v) is 2.06. The Morgan fingerprint density at radius 2 is 1.82 bits per heavy atom. The number of nitro benzene ring substituents is 1. The lowest BCUT2D eigenvalue weighted by Gasteiger charge is -1.98. The van der Waals surface area contributed by atoms with Crippen molar-refractivity contribution >= 4 is 23.5 Å². The van der Waals surface area contributed by atoms with Gasteiger partial charge in [-0.15, -0.1) is 0 Å². The molecule has 0 radical (unpaired) electrons. The predicted octanol–water partition coefficient (Wildman–Crippen LogP) is 1.05. The fourth-order valence-electron chi connectivity index (χ4n) is 1.21. The Balaban J connectivity index is 3.09. The number of carbonyl (C=O) groups excluding carboxylic acids is 2. The number of amides is 1. The normalized spacial score (nSPS) is 11.0. The van der Waals surface area contributed by atoms with E-state index in [1.165, 1.54) is 37.3 Å². The zero-order chi connectivity index (χ0) is 13.0. The SMILES string of the molecule is CC(=O)/C(=C\c1ccc([N+](=O)[O-])cc1)C(N)=O. The highest BCUT2D eigenvalue weighted by Gasteiger charge is 2.10. The summed E-state index contributed by atoms with van der Waals surface area (Å²) in [5, 5.41) is 10.4. The van der Waals surface area contributed by atoms with Crippen LogP contribution in [0, 0.1) is 10.1 Å². The van der Waals surface area contributed by atoms with Gasteiger partial charge in [0.15, 0.2) is 5.78 Å². The quantitative estimate of drug-likeness (QED) is 0.276. The molecule has 0 atom stereocenters. The minimum Gasteiger partial charge on any atom is -0.365 e. The minimum atomic E-state index is -0.823. The van der Waals surface area contributed by atoms with Crippen molar-refractivity contribution in [1.82, 2.24) is 0 Å². The van der Waals surface area contributed by atoms with Gasteiger partial charge < -0.3 is 5.73 Å². The van der Waals surface area contributed by atoms with E-state index in [1.54, 1.807) is 0 Å². The molecule has 0 aliphatic heterocycles. The first-order chi connectivity index (χ1) is 7.91. The fraction of sp³-hybridized carbons (Fsp3) is 0.0909. The Morgan fingerprint density at radius 1 is 1.29 bits per heavy atom. The van der Waals surface area contributed by atoms with Crippen LogP contribution in [0.1, 0.15) is 12.5 Å². The third-order valence-electron chi connectivity index (χ3n) is 2.06. The van der Waals surface area contributed by atoms with Crippen molar-refractivity contribution in [1.29, 1.82) is 0 Å². The van der Waals surface area contributed by atoms with E-state index in [9.17, 15) is 19.7 Å².